The molecule has 5 heteroatoms. The summed E-state index contributed by atoms with van der Waals surface area (Å²) in [6, 6.07) is 6.20. The highest BCUT2D eigenvalue weighted by molar-refractivity contribution is 7.85. The van der Waals surface area contributed by atoms with Crippen LogP contribution in [0.25, 0.3) is 0 Å². The standard InChI is InChI=1S/C15H23FO3S/c1-3-4-5-6-7-14(12-19-20(2,17)18)13-8-10-15(16)11-9-13/h8-11,14H,3-7,12H2,1-2H3. The molecule has 1 aromatic rings. The maximum Gasteiger partial charge on any atom is 0.264 e. The van der Waals surface area contributed by atoms with Gasteiger partial charge < -0.3 is 0 Å². The van der Waals surface area contributed by atoms with E-state index in [-0.39, 0.29) is 18.3 Å². The summed E-state index contributed by atoms with van der Waals surface area (Å²) in [6.07, 6.45) is 6.35. The van der Waals surface area contributed by atoms with Crippen LogP contribution in [-0.2, 0) is 14.3 Å². The Morgan fingerprint density at radius 2 is 1.80 bits per heavy atom. The molecule has 0 heterocycles. The van der Waals surface area contributed by atoms with Crippen molar-refractivity contribution in [1.29, 1.82) is 0 Å². The molecule has 0 aliphatic carbocycles. The van der Waals surface area contributed by atoms with Gasteiger partial charge in [-0.1, -0.05) is 44.7 Å². The summed E-state index contributed by atoms with van der Waals surface area (Å²) in [6.45, 7) is 2.26. The Bertz CT molecular complexity index is 482. The molecule has 1 rings (SSSR count). The van der Waals surface area contributed by atoms with E-state index in [2.05, 4.69) is 6.92 Å². The minimum atomic E-state index is -3.44. The summed E-state index contributed by atoms with van der Waals surface area (Å²) in [5.41, 5.74) is 0.923. The Kier molecular flexibility index (Phi) is 7.16. The van der Waals surface area contributed by atoms with E-state index >= 15 is 0 Å². The summed E-state index contributed by atoms with van der Waals surface area (Å²) < 4.78 is 40.1. The van der Waals surface area contributed by atoms with Crippen molar-refractivity contribution in [3.8, 4) is 0 Å². The van der Waals surface area contributed by atoms with Crippen LogP contribution >= 0.6 is 0 Å². The van der Waals surface area contributed by atoms with Gasteiger partial charge in [-0.15, -0.1) is 0 Å². The second kappa shape index (κ2) is 8.37. The number of rotatable bonds is 9. The Hall–Kier alpha value is -0.940. The molecule has 0 aliphatic rings. The van der Waals surface area contributed by atoms with Crippen LogP contribution in [0.2, 0.25) is 0 Å². The molecule has 0 N–H and O–H groups in total. The normalized spacial score (nSPS) is 13.3. The lowest BCUT2D eigenvalue weighted by Gasteiger charge is -2.17. The van der Waals surface area contributed by atoms with Crippen LogP contribution in [0, 0.1) is 5.82 Å². The predicted molar refractivity (Wildman–Crippen MR) is 78.7 cm³/mol. The van der Waals surface area contributed by atoms with E-state index < -0.39 is 10.1 Å². The molecule has 0 spiro atoms. The molecule has 0 bridgehead atoms. The number of unbranched alkanes of at least 4 members (excludes halogenated alkanes) is 3. The molecular weight excluding hydrogens is 279 g/mol. The van der Waals surface area contributed by atoms with Crippen molar-refractivity contribution < 1.29 is 17.0 Å². The second-order valence-corrected chi connectivity index (χ2v) is 6.73. The Balaban J connectivity index is 2.65. The van der Waals surface area contributed by atoms with Gasteiger partial charge in [-0.3, -0.25) is 4.18 Å². The molecule has 1 unspecified atom stereocenters. The zero-order valence-electron chi connectivity index (χ0n) is 12.1. The van der Waals surface area contributed by atoms with Crippen LogP contribution in [0.15, 0.2) is 24.3 Å². The quantitative estimate of drug-likeness (QED) is 0.514. The molecule has 0 aromatic heterocycles. The number of benzene rings is 1. The van der Waals surface area contributed by atoms with Gasteiger partial charge in [-0.05, 0) is 24.1 Å². The van der Waals surface area contributed by atoms with E-state index in [1.807, 2.05) is 0 Å². The first kappa shape index (κ1) is 17.1. The van der Waals surface area contributed by atoms with Crippen molar-refractivity contribution in [2.45, 2.75) is 44.9 Å². The monoisotopic (exact) mass is 302 g/mol. The van der Waals surface area contributed by atoms with Crippen molar-refractivity contribution in [3.63, 3.8) is 0 Å². The van der Waals surface area contributed by atoms with Crippen LogP contribution in [0.3, 0.4) is 0 Å². The Morgan fingerprint density at radius 1 is 1.15 bits per heavy atom. The topological polar surface area (TPSA) is 43.4 Å². The molecule has 20 heavy (non-hydrogen) atoms. The lowest BCUT2D eigenvalue weighted by atomic mass is 9.94. The average Bonchev–Trinajstić information content (AvgIpc) is 2.38. The molecule has 0 amide bonds. The van der Waals surface area contributed by atoms with E-state index in [0.29, 0.717) is 0 Å². The van der Waals surface area contributed by atoms with Crippen LogP contribution in [0.1, 0.15) is 50.5 Å². The van der Waals surface area contributed by atoms with Crippen LogP contribution in [0.4, 0.5) is 4.39 Å². The molecule has 0 saturated heterocycles. The van der Waals surface area contributed by atoms with Gasteiger partial charge in [0.2, 0.25) is 0 Å². The number of hydrogen-bond acceptors (Lipinski definition) is 3. The van der Waals surface area contributed by atoms with Crippen LogP contribution in [0.5, 0.6) is 0 Å². The zero-order valence-corrected chi connectivity index (χ0v) is 13.0. The number of hydrogen-bond donors (Lipinski definition) is 0. The zero-order chi connectivity index (χ0) is 15.0. The third-order valence-corrected chi connectivity index (χ3v) is 3.80. The van der Waals surface area contributed by atoms with E-state index in [1.54, 1.807) is 12.1 Å². The van der Waals surface area contributed by atoms with Crippen molar-refractivity contribution in [2.24, 2.45) is 0 Å². The fourth-order valence-electron chi connectivity index (χ4n) is 2.10. The molecule has 114 valence electrons. The van der Waals surface area contributed by atoms with Gasteiger partial charge in [0.05, 0.1) is 12.9 Å². The minimum absolute atomic E-state index is 0.0119. The Labute approximate surface area is 121 Å². The summed E-state index contributed by atoms with van der Waals surface area (Å²) in [7, 11) is -3.44. The molecule has 0 radical (unpaired) electrons. The average molecular weight is 302 g/mol. The third kappa shape index (κ3) is 7.01. The molecule has 0 fully saturated rings. The highest BCUT2D eigenvalue weighted by atomic mass is 32.2. The summed E-state index contributed by atoms with van der Waals surface area (Å²) in [5.74, 6) is -0.301. The van der Waals surface area contributed by atoms with E-state index in [1.165, 1.54) is 18.6 Å². The summed E-state index contributed by atoms with van der Waals surface area (Å²) >= 11 is 0. The molecule has 1 atom stereocenters. The summed E-state index contributed by atoms with van der Waals surface area (Å²) in [4.78, 5) is 0. The highest BCUT2D eigenvalue weighted by Crippen LogP contribution is 2.24. The first-order chi connectivity index (χ1) is 9.42. The van der Waals surface area contributed by atoms with Crippen molar-refractivity contribution in [2.75, 3.05) is 12.9 Å². The molecular formula is C15H23FO3S. The third-order valence-electron chi connectivity index (χ3n) is 3.23. The lowest BCUT2D eigenvalue weighted by molar-refractivity contribution is 0.285. The predicted octanol–water partition coefficient (Wildman–Crippen LogP) is 3.86. The first-order valence-corrected chi connectivity index (χ1v) is 8.84. The van der Waals surface area contributed by atoms with Gasteiger partial charge >= 0.3 is 0 Å². The Morgan fingerprint density at radius 3 is 2.35 bits per heavy atom. The van der Waals surface area contributed by atoms with Gasteiger partial charge in [-0.25, -0.2) is 4.39 Å². The minimum Gasteiger partial charge on any atom is -0.270 e. The van der Waals surface area contributed by atoms with E-state index in [0.717, 1.165) is 37.5 Å². The molecule has 0 saturated carbocycles. The van der Waals surface area contributed by atoms with Crippen molar-refractivity contribution in [1.82, 2.24) is 0 Å². The smallest absolute Gasteiger partial charge is 0.264 e. The molecule has 3 nitrogen and oxygen atoms in total. The fraction of sp³-hybridized carbons (Fsp3) is 0.600. The van der Waals surface area contributed by atoms with Crippen molar-refractivity contribution in [3.05, 3.63) is 35.6 Å². The van der Waals surface area contributed by atoms with Gasteiger partial charge in [0.1, 0.15) is 5.82 Å². The van der Waals surface area contributed by atoms with Crippen LogP contribution in [-0.4, -0.2) is 21.3 Å². The van der Waals surface area contributed by atoms with Crippen LogP contribution < -0.4 is 0 Å². The summed E-state index contributed by atoms with van der Waals surface area (Å²) in [5, 5.41) is 0. The number of halogens is 1. The van der Waals surface area contributed by atoms with Crippen molar-refractivity contribution >= 4 is 10.1 Å². The second-order valence-electron chi connectivity index (χ2n) is 5.09. The fourth-order valence-corrected chi connectivity index (χ4v) is 2.52. The maximum atomic E-state index is 13.0. The largest absolute Gasteiger partial charge is 0.270 e. The highest BCUT2D eigenvalue weighted by Gasteiger charge is 2.15. The first-order valence-electron chi connectivity index (χ1n) is 7.02. The lowest BCUT2D eigenvalue weighted by Crippen LogP contribution is -2.12. The molecule has 0 aliphatic heterocycles. The van der Waals surface area contributed by atoms with E-state index in [9.17, 15) is 12.8 Å². The van der Waals surface area contributed by atoms with E-state index in [4.69, 9.17) is 4.18 Å². The SMILES string of the molecule is CCCCCCC(COS(C)(=O)=O)c1ccc(F)cc1. The molecule has 1 aromatic carbocycles. The van der Waals surface area contributed by atoms with Gasteiger partial charge in [0, 0.05) is 5.92 Å². The van der Waals surface area contributed by atoms with Gasteiger partial charge in [0.15, 0.2) is 0 Å². The van der Waals surface area contributed by atoms with Gasteiger partial charge in [-0.2, -0.15) is 8.42 Å². The van der Waals surface area contributed by atoms with Gasteiger partial charge in [0.25, 0.3) is 10.1 Å². The maximum absolute atomic E-state index is 13.0.